The molecule has 2 N–H and O–H groups in total. The fraction of sp³-hybridized carbons (Fsp3) is 0.719. The van der Waals surface area contributed by atoms with Crippen LogP contribution in [0.2, 0.25) is 75.5 Å². The summed E-state index contributed by atoms with van der Waals surface area (Å²) in [6.07, 6.45) is 16.9. The van der Waals surface area contributed by atoms with Gasteiger partial charge in [0.15, 0.2) is 28.2 Å². The van der Waals surface area contributed by atoms with E-state index in [0.717, 1.165) is 30.8 Å². The number of rotatable bonds is 8. The molecule has 5 aliphatic rings. The lowest BCUT2D eigenvalue weighted by Crippen LogP contribution is -2.44. The van der Waals surface area contributed by atoms with Gasteiger partial charge in [-0.3, -0.25) is 0 Å². The van der Waals surface area contributed by atoms with Crippen molar-refractivity contribution in [3.8, 4) is 23.3 Å². The minimum absolute atomic E-state index is 0.00945. The number of ether oxygens (including phenoxy) is 6. The Morgan fingerprint density at radius 1 is 0.634 bits per heavy atom. The van der Waals surface area contributed by atoms with Crippen LogP contribution in [0, 0.1) is 17.3 Å². The van der Waals surface area contributed by atoms with Crippen molar-refractivity contribution in [3.63, 3.8) is 0 Å². The highest BCUT2D eigenvalue weighted by Gasteiger charge is 2.44. The van der Waals surface area contributed by atoms with Crippen LogP contribution < -0.4 is 0 Å². The third kappa shape index (κ3) is 23.4. The largest absolute Gasteiger partial charge is 0.547 e. The maximum atomic E-state index is 13.1. The Labute approximate surface area is 499 Å². The van der Waals surface area contributed by atoms with E-state index in [0.29, 0.717) is 44.1 Å². The molecule has 6 rings (SSSR count). The Bertz CT molecular complexity index is 2510. The smallest absolute Gasteiger partial charge is 0.384 e. The number of hydrogen-bond donors (Lipinski definition) is 2. The number of hydrogen-bond acceptors (Lipinski definition) is 14. The summed E-state index contributed by atoms with van der Waals surface area (Å²) in [5.41, 5.74) is 0.717. The van der Waals surface area contributed by atoms with Crippen LogP contribution in [0.4, 0.5) is 0 Å². The van der Waals surface area contributed by atoms with Gasteiger partial charge < -0.3 is 56.3 Å². The molecule has 0 saturated carbocycles. The summed E-state index contributed by atoms with van der Waals surface area (Å²) in [6.45, 7) is 51.3. The highest BCUT2D eigenvalue weighted by atomic mass is 28.4. The van der Waals surface area contributed by atoms with E-state index in [1.807, 2.05) is 65.8 Å². The third-order valence-electron chi connectivity index (χ3n) is 15.4. The highest BCUT2D eigenvalue weighted by Crippen LogP contribution is 2.42. The van der Waals surface area contributed by atoms with Gasteiger partial charge in [-0.05, 0) is 172 Å². The van der Waals surface area contributed by atoms with E-state index < -0.39 is 62.9 Å². The zero-order valence-corrected chi connectivity index (χ0v) is 58.9. The molecule has 0 aromatic heterocycles. The summed E-state index contributed by atoms with van der Waals surface area (Å²) in [6, 6.07) is 2.70. The zero-order chi connectivity index (χ0) is 62.2. The fourth-order valence-corrected chi connectivity index (χ4v) is 14.2. The van der Waals surface area contributed by atoms with Crippen molar-refractivity contribution >= 4 is 45.2 Å². The van der Waals surface area contributed by atoms with Gasteiger partial charge in [0, 0.05) is 49.9 Å². The molecular formula is C64H108O14Si4. The molecule has 2 unspecified atom stereocenters. The summed E-state index contributed by atoms with van der Waals surface area (Å²) in [4.78, 5) is 25.1. The first-order valence-electron chi connectivity index (χ1n) is 29.9. The van der Waals surface area contributed by atoms with Crippen LogP contribution in [-0.4, -0.2) is 116 Å². The van der Waals surface area contributed by atoms with Crippen LogP contribution in [0.5, 0.6) is 11.5 Å². The molecule has 464 valence electrons. The lowest BCUT2D eigenvalue weighted by atomic mass is 9.85. The average molecular weight is 1210 g/mol. The average Bonchev–Trinajstić information content (AvgIpc) is 3.91. The normalized spacial score (nSPS) is 28.2. The SMILES string of the molecule is CC1(C)C=C(O[Si](C)(C)C)C=C(O[Si](C)(C)C)C1.C[C@H]1C/C=C/[C@H]2OC(C)(C)O[C@H]2CCC(O[Si](C)(C)C(C)(C)C)CC#CC(=O)O1.C[C@H]1C/C=C/[C@H]2OC(C)(C)O[C@H]2CCC(O[Si](C)(C)C(C)(C)C)Cc2cc(O)cc(O)c2C(=O)O1. The van der Waals surface area contributed by atoms with Crippen LogP contribution in [0.3, 0.4) is 0 Å². The minimum atomic E-state index is -2.17. The van der Waals surface area contributed by atoms with Crippen molar-refractivity contribution < 1.29 is 65.9 Å². The summed E-state index contributed by atoms with van der Waals surface area (Å²) >= 11 is 0. The van der Waals surface area contributed by atoms with Gasteiger partial charge in [0.05, 0.1) is 24.1 Å². The van der Waals surface area contributed by atoms with Crippen LogP contribution in [0.1, 0.15) is 164 Å². The van der Waals surface area contributed by atoms with Gasteiger partial charge >= 0.3 is 11.9 Å². The van der Waals surface area contributed by atoms with Gasteiger partial charge in [-0.2, -0.15) is 0 Å². The van der Waals surface area contributed by atoms with Crippen LogP contribution in [0.25, 0.3) is 0 Å². The lowest BCUT2D eigenvalue weighted by Gasteiger charge is -2.40. The predicted molar refractivity (Wildman–Crippen MR) is 337 cm³/mol. The van der Waals surface area contributed by atoms with Gasteiger partial charge in [0.25, 0.3) is 0 Å². The molecule has 2 fully saturated rings. The third-order valence-corrected chi connectivity index (χ3v) is 26.2. The number of phenolic OH excluding ortho intramolecular Hbond substituents is 2. The van der Waals surface area contributed by atoms with Crippen molar-refractivity contribution in [1.82, 2.24) is 0 Å². The second-order valence-electron chi connectivity index (χ2n) is 29.7. The summed E-state index contributed by atoms with van der Waals surface area (Å²) in [5.74, 6) is 4.93. The molecule has 8 atom stereocenters. The van der Waals surface area contributed by atoms with Gasteiger partial charge in [0.1, 0.15) is 47.2 Å². The van der Waals surface area contributed by atoms with Gasteiger partial charge in [-0.15, -0.1) is 0 Å². The van der Waals surface area contributed by atoms with E-state index >= 15 is 0 Å². The molecule has 0 radical (unpaired) electrons. The molecule has 2 saturated heterocycles. The van der Waals surface area contributed by atoms with Gasteiger partial charge in [-0.25, -0.2) is 9.59 Å². The molecule has 1 aromatic carbocycles. The Hall–Kier alpha value is -3.49. The topological polar surface area (TPSA) is 167 Å². The van der Waals surface area contributed by atoms with E-state index in [2.05, 4.69) is 145 Å². The van der Waals surface area contributed by atoms with Crippen molar-refractivity contribution in [2.75, 3.05) is 0 Å². The number of benzene rings is 1. The predicted octanol–water partition coefficient (Wildman–Crippen LogP) is 15.7. The van der Waals surface area contributed by atoms with E-state index in [4.69, 9.17) is 46.1 Å². The number of aromatic hydroxyl groups is 2. The number of carbonyl (C=O) groups is 2. The number of carbonyl (C=O) groups excluding carboxylic acids is 2. The van der Waals surface area contributed by atoms with Crippen molar-refractivity contribution in [2.45, 2.75) is 291 Å². The number of phenols is 2. The van der Waals surface area contributed by atoms with Crippen molar-refractivity contribution in [3.05, 3.63) is 71.2 Å². The fourth-order valence-electron chi connectivity index (χ4n) is 9.71. The summed E-state index contributed by atoms with van der Waals surface area (Å²) in [5, 5.41) is 20.9. The highest BCUT2D eigenvalue weighted by molar-refractivity contribution is 6.74. The quantitative estimate of drug-likeness (QED) is 0.0830. The maximum Gasteiger partial charge on any atom is 0.384 e. The Morgan fingerprint density at radius 2 is 1.11 bits per heavy atom. The number of esters is 2. The second-order valence-corrected chi connectivity index (χ2v) is 48.0. The Balaban J connectivity index is 0.000000278. The molecule has 4 heterocycles. The molecule has 1 aliphatic carbocycles. The number of allylic oxidation sites excluding steroid dienone is 3. The molecule has 4 aliphatic heterocycles. The molecule has 0 amide bonds. The minimum Gasteiger partial charge on any atom is -0.547 e. The number of cyclic esters (lactones) is 2. The van der Waals surface area contributed by atoms with E-state index in [1.54, 1.807) is 0 Å². The molecular weight excluding hydrogens is 1110 g/mol. The second kappa shape index (κ2) is 27.9. The number of fused-ring (bicyclic) bond motifs is 3. The molecule has 82 heavy (non-hydrogen) atoms. The Morgan fingerprint density at radius 3 is 1.60 bits per heavy atom. The van der Waals surface area contributed by atoms with Crippen LogP contribution >= 0.6 is 0 Å². The maximum absolute atomic E-state index is 13.1. The van der Waals surface area contributed by atoms with Crippen LogP contribution in [0.15, 0.2) is 60.1 Å². The van der Waals surface area contributed by atoms with Crippen molar-refractivity contribution in [2.24, 2.45) is 5.41 Å². The molecule has 0 bridgehead atoms. The molecule has 1 aromatic rings. The first-order valence-corrected chi connectivity index (χ1v) is 42.5. The molecule has 18 heteroatoms. The lowest BCUT2D eigenvalue weighted by molar-refractivity contribution is -0.144. The zero-order valence-electron chi connectivity index (χ0n) is 54.9. The van der Waals surface area contributed by atoms with Crippen LogP contribution in [-0.2, 0) is 57.3 Å². The standard InChI is InChI=1S/C27H42O7Si.C23H38O5Si.C14H28O2Si2/c1-17-10-9-11-22-23(33-27(5,6)32-22)13-12-20(34-35(7,8)26(2,3)4)15-18-14-19(28)16-21(29)24(18)25(30)31-17;1-17-11-9-13-19-20(27-23(5,6)26-19)16-15-18(12-10-14-21(24)25-17)28-29(7,8)22(2,3)4;1-14(2)10-12(15-17(3,4)5)9-13(11-14)16-18(6,7)8/h9,11,14,16-17,20,22-23,28-29H,10,12-13,15H2,1-8H3;9,13,17-20H,11-12,15-16H2,1-8H3;9-10H,11H2,1-8H3/b11-9+;13-9+;/t17-,20?,22+,23-;17-,18?,19+,20-;/m00./s1. The first-order chi connectivity index (χ1) is 37.2. The molecule has 14 nitrogen and oxygen atoms in total. The Kier molecular flexibility index (Phi) is 24.2. The van der Waals surface area contributed by atoms with Gasteiger partial charge in [0.2, 0.25) is 16.6 Å². The van der Waals surface area contributed by atoms with E-state index in [-0.39, 0.29) is 75.3 Å². The van der Waals surface area contributed by atoms with E-state index in [9.17, 15) is 19.8 Å². The van der Waals surface area contributed by atoms with Crippen molar-refractivity contribution in [1.29, 1.82) is 0 Å². The summed E-state index contributed by atoms with van der Waals surface area (Å²) < 4.78 is 61.3. The first kappa shape index (κ1) is 71.0. The monoisotopic (exact) mass is 1210 g/mol. The van der Waals surface area contributed by atoms with Gasteiger partial charge in [-0.1, -0.05) is 85.6 Å². The molecule has 0 spiro atoms. The summed E-state index contributed by atoms with van der Waals surface area (Å²) in [7, 11) is -7.21. The van der Waals surface area contributed by atoms with E-state index in [1.165, 1.54) is 12.1 Å².